The van der Waals surface area contributed by atoms with E-state index in [1.165, 1.54) is 16.3 Å². The molecule has 0 unspecified atom stereocenters. The third kappa shape index (κ3) is 7.25. The summed E-state index contributed by atoms with van der Waals surface area (Å²) in [6, 6.07) is 9.21. The van der Waals surface area contributed by atoms with Crippen molar-refractivity contribution in [3.05, 3.63) is 62.6 Å². The molecule has 2 aromatic carbocycles. The molecule has 11 heteroatoms. The first kappa shape index (κ1) is 28.2. The molecule has 0 aliphatic carbocycles. The summed E-state index contributed by atoms with van der Waals surface area (Å²) in [4.78, 5) is 26.9. The molecule has 0 saturated carbocycles. The van der Waals surface area contributed by atoms with Gasteiger partial charge < -0.3 is 10.2 Å². The van der Waals surface area contributed by atoms with Crippen molar-refractivity contribution in [1.29, 1.82) is 0 Å². The van der Waals surface area contributed by atoms with Gasteiger partial charge in [0, 0.05) is 41.6 Å². The lowest BCUT2D eigenvalue weighted by molar-refractivity contribution is -0.140. The summed E-state index contributed by atoms with van der Waals surface area (Å²) < 4.78 is 26.2. The van der Waals surface area contributed by atoms with Crippen molar-refractivity contribution < 1.29 is 18.0 Å². The number of nitrogens with zero attached hydrogens (tertiary/aromatic N) is 2. The normalized spacial score (nSPS) is 12.2. The molecule has 0 aliphatic heterocycles. The number of carbonyl (C=O) groups is 2. The Kier molecular flexibility index (Phi) is 10.1. The number of amides is 2. The summed E-state index contributed by atoms with van der Waals surface area (Å²) in [5.74, 6) is -0.635. The van der Waals surface area contributed by atoms with E-state index >= 15 is 0 Å². The first-order chi connectivity index (χ1) is 15.9. The molecule has 0 aliphatic rings. The fourth-order valence-electron chi connectivity index (χ4n) is 3.47. The topological polar surface area (TPSA) is 86.8 Å². The minimum absolute atomic E-state index is 0.0260. The van der Waals surface area contributed by atoms with Crippen LogP contribution in [0.3, 0.4) is 0 Å². The first-order valence-corrected chi connectivity index (χ1v) is 13.5. The number of carbonyl (C=O) groups excluding carboxylic acids is 2. The SMILES string of the molecule is CNC(=O)[C@H](C)N(Cc1ccc(Cl)cc1Cl)C(=O)CCCN(c1cccc(Cl)c1C)S(C)(=O)=O. The van der Waals surface area contributed by atoms with Crippen molar-refractivity contribution >= 4 is 62.3 Å². The quantitative estimate of drug-likeness (QED) is 0.468. The molecular formula is C23H28Cl3N3O4S. The largest absolute Gasteiger partial charge is 0.357 e. The summed E-state index contributed by atoms with van der Waals surface area (Å²) in [5.41, 5.74) is 1.74. The highest BCUT2D eigenvalue weighted by Crippen LogP contribution is 2.29. The number of nitrogens with one attached hydrogen (secondary N) is 1. The first-order valence-electron chi connectivity index (χ1n) is 10.5. The second kappa shape index (κ2) is 12.1. The predicted octanol–water partition coefficient (Wildman–Crippen LogP) is 4.66. The molecule has 2 aromatic rings. The Bertz CT molecular complexity index is 1160. The lowest BCUT2D eigenvalue weighted by Gasteiger charge is -2.29. The molecule has 34 heavy (non-hydrogen) atoms. The zero-order valence-electron chi connectivity index (χ0n) is 19.4. The predicted molar refractivity (Wildman–Crippen MR) is 138 cm³/mol. The third-order valence-corrected chi connectivity index (χ3v) is 7.61. The van der Waals surface area contributed by atoms with Gasteiger partial charge in [0.05, 0.1) is 11.9 Å². The van der Waals surface area contributed by atoms with Crippen LogP contribution in [0.5, 0.6) is 0 Å². The van der Waals surface area contributed by atoms with Gasteiger partial charge in [-0.05, 0) is 55.7 Å². The molecule has 1 N–H and O–H groups in total. The van der Waals surface area contributed by atoms with Crippen LogP contribution < -0.4 is 9.62 Å². The van der Waals surface area contributed by atoms with Crippen LogP contribution in [-0.4, -0.2) is 51.0 Å². The lowest BCUT2D eigenvalue weighted by Crippen LogP contribution is -2.46. The smallest absolute Gasteiger partial charge is 0.242 e. The van der Waals surface area contributed by atoms with Crippen molar-refractivity contribution in [3.8, 4) is 0 Å². The van der Waals surface area contributed by atoms with Crippen molar-refractivity contribution in [2.45, 2.75) is 39.3 Å². The molecule has 2 rings (SSSR count). The zero-order chi connectivity index (χ0) is 25.6. The molecule has 7 nitrogen and oxygen atoms in total. The highest BCUT2D eigenvalue weighted by molar-refractivity contribution is 7.92. The van der Waals surface area contributed by atoms with Gasteiger partial charge in [0.15, 0.2) is 0 Å². The Hall–Kier alpha value is -2.00. The van der Waals surface area contributed by atoms with Crippen LogP contribution >= 0.6 is 34.8 Å². The maximum absolute atomic E-state index is 13.2. The minimum atomic E-state index is -3.61. The average Bonchev–Trinajstić information content (AvgIpc) is 2.76. The van der Waals surface area contributed by atoms with Gasteiger partial charge in [-0.1, -0.05) is 46.9 Å². The number of benzene rings is 2. The highest BCUT2D eigenvalue weighted by atomic mass is 35.5. The van der Waals surface area contributed by atoms with Crippen LogP contribution in [0.1, 0.15) is 30.9 Å². The summed E-state index contributed by atoms with van der Waals surface area (Å²) in [7, 11) is -2.12. The van der Waals surface area contributed by atoms with E-state index in [9.17, 15) is 18.0 Å². The number of hydrogen-bond donors (Lipinski definition) is 1. The van der Waals surface area contributed by atoms with Crippen LogP contribution in [0.25, 0.3) is 0 Å². The number of likely N-dealkylation sites (N-methyl/N-ethyl adjacent to an activating group) is 1. The summed E-state index contributed by atoms with van der Waals surface area (Å²) in [6.45, 7) is 3.55. The van der Waals surface area contributed by atoms with E-state index in [-0.39, 0.29) is 37.7 Å². The fourth-order valence-corrected chi connectivity index (χ4v) is 5.13. The van der Waals surface area contributed by atoms with E-state index in [0.717, 1.165) is 6.26 Å². The van der Waals surface area contributed by atoms with Crippen molar-refractivity contribution in [1.82, 2.24) is 10.2 Å². The van der Waals surface area contributed by atoms with Gasteiger partial charge in [-0.15, -0.1) is 0 Å². The highest BCUT2D eigenvalue weighted by Gasteiger charge is 2.27. The van der Waals surface area contributed by atoms with Gasteiger partial charge in [0.2, 0.25) is 21.8 Å². The molecule has 1 atom stereocenters. The van der Waals surface area contributed by atoms with E-state index in [0.29, 0.717) is 31.9 Å². The Morgan fingerprint density at radius 2 is 1.76 bits per heavy atom. The standard InChI is InChI=1S/C23H28Cl3N3O4S/c1-15-19(25)7-5-8-21(15)29(34(4,32)33)12-6-9-22(30)28(16(2)23(31)27-3)14-17-10-11-18(24)13-20(17)26/h5,7-8,10-11,13,16H,6,9,12,14H2,1-4H3,(H,27,31)/t16-/m0/s1. The van der Waals surface area contributed by atoms with Crippen LogP contribution in [0.4, 0.5) is 5.69 Å². The van der Waals surface area contributed by atoms with E-state index < -0.39 is 16.1 Å². The van der Waals surface area contributed by atoms with Gasteiger partial charge in [-0.2, -0.15) is 0 Å². The molecule has 186 valence electrons. The zero-order valence-corrected chi connectivity index (χ0v) is 22.5. The average molecular weight is 549 g/mol. The molecular weight excluding hydrogens is 521 g/mol. The Morgan fingerprint density at radius 1 is 1.09 bits per heavy atom. The molecule has 0 spiro atoms. The van der Waals surface area contributed by atoms with Crippen LogP contribution in [-0.2, 0) is 26.2 Å². The Morgan fingerprint density at radius 3 is 2.35 bits per heavy atom. The number of hydrogen-bond acceptors (Lipinski definition) is 4. The van der Waals surface area contributed by atoms with Crippen LogP contribution in [0, 0.1) is 6.92 Å². The lowest BCUT2D eigenvalue weighted by atomic mass is 10.1. The van der Waals surface area contributed by atoms with Gasteiger partial charge in [0.25, 0.3) is 0 Å². The third-order valence-electron chi connectivity index (χ3n) is 5.43. The monoisotopic (exact) mass is 547 g/mol. The molecule has 0 bridgehead atoms. The van der Waals surface area contributed by atoms with Crippen LogP contribution in [0.2, 0.25) is 15.1 Å². The number of anilines is 1. The van der Waals surface area contributed by atoms with Crippen molar-refractivity contribution in [2.24, 2.45) is 0 Å². The molecule has 0 saturated heterocycles. The maximum Gasteiger partial charge on any atom is 0.242 e. The maximum atomic E-state index is 13.2. The van der Waals surface area contributed by atoms with Crippen molar-refractivity contribution in [3.63, 3.8) is 0 Å². The molecule has 0 fully saturated rings. The Balaban J connectivity index is 2.21. The van der Waals surface area contributed by atoms with E-state index in [1.807, 2.05) is 0 Å². The minimum Gasteiger partial charge on any atom is -0.357 e. The second-order valence-electron chi connectivity index (χ2n) is 7.87. The molecule has 0 aromatic heterocycles. The summed E-state index contributed by atoms with van der Waals surface area (Å²) in [6.07, 6.45) is 1.37. The van der Waals surface area contributed by atoms with Crippen molar-refractivity contribution in [2.75, 3.05) is 24.2 Å². The van der Waals surface area contributed by atoms with E-state index in [4.69, 9.17) is 34.8 Å². The van der Waals surface area contributed by atoms with Gasteiger partial charge >= 0.3 is 0 Å². The van der Waals surface area contributed by atoms with E-state index in [1.54, 1.807) is 50.2 Å². The molecule has 0 radical (unpaired) electrons. The summed E-state index contributed by atoms with van der Waals surface area (Å²) >= 11 is 18.4. The van der Waals surface area contributed by atoms with Gasteiger partial charge in [-0.25, -0.2) is 8.42 Å². The summed E-state index contributed by atoms with van der Waals surface area (Å²) in [5, 5.41) is 3.85. The molecule has 2 amide bonds. The molecule has 0 heterocycles. The van der Waals surface area contributed by atoms with Gasteiger partial charge in [0.1, 0.15) is 6.04 Å². The number of rotatable bonds is 10. The van der Waals surface area contributed by atoms with Gasteiger partial charge in [-0.3, -0.25) is 13.9 Å². The number of sulfonamides is 1. The second-order valence-corrected chi connectivity index (χ2v) is 11.0. The fraction of sp³-hybridized carbons (Fsp3) is 0.391. The number of halogens is 3. The van der Waals surface area contributed by atoms with Crippen LogP contribution in [0.15, 0.2) is 36.4 Å². The Labute approximate surface area is 216 Å². The van der Waals surface area contributed by atoms with E-state index in [2.05, 4.69) is 5.32 Å².